The van der Waals surface area contributed by atoms with Crippen molar-refractivity contribution in [3.8, 4) is 5.88 Å². The summed E-state index contributed by atoms with van der Waals surface area (Å²) in [6, 6.07) is 10.0. The summed E-state index contributed by atoms with van der Waals surface area (Å²) in [4.78, 5) is 8.56. The van der Waals surface area contributed by atoms with Crippen molar-refractivity contribution in [1.29, 1.82) is 0 Å². The second-order valence-electron chi connectivity index (χ2n) is 4.30. The molecule has 19 heavy (non-hydrogen) atoms. The van der Waals surface area contributed by atoms with E-state index < -0.39 is 0 Å². The number of aromatic nitrogens is 2. The summed E-state index contributed by atoms with van der Waals surface area (Å²) in [5.41, 5.74) is 2.05. The van der Waals surface area contributed by atoms with E-state index in [0.717, 1.165) is 30.8 Å². The fourth-order valence-corrected chi connectivity index (χ4v) is 1.63. The van der Waals surface area contributed by atoms with Gasteiger partial charge in [0.05, 0.1) is 18.1 Å². The van der Waals surface area contributed by atoms with Crippen molar-refractivity contribution in [1.82, 2.24) is 15.3 Å². The van der Waals surface area contributed by atoms with Crippen LogP contribution in [0.3, 0.4) is 0 Å². The van der Waals surface area contributed by atoms with Crippen LogP contribution in [-0.4, -0.2) is 16.5 Å². The average molecular weight is 257 g/mol. The van der Waals surface area contributed by atoms with Crippen LogP contribution >= 0.6 is 0 Å². The lowest BCUT2D eigenvalue weighted by atomic mass is 10.2. The molecule has 0 fully saturated rings. The Morgan fingerprint density at radius 1 is 1.11 bits per heavy atom. The van der Waals surface area contributed by atoms with Crippen molar-refractivity contribution in [3.63, 3.8) is 0 Å². The molecule has 0 bridgehead atoms. The number of hydrogen-bond acceptors (Lipinski definition) is 4. The summed E-state index contributed by atoms with van der Waals surface area (Å²) in [7, 11) is 0. The molecule has 0 aliphatic rings. The van der Waals surface area contributed by atoms with Gasteiger partial charge < -0.3 is 10.1 Å². The van der Waals surface area contributed by atoms with Crippen LogP contribution in [0.1, 0.15) is 24.6 Å². The second-order valence-corrected chi connectivity index (χ2v) is 4.30. The minimum absolute atomic E-state index is 0.517. The highest BCUT2D eigenvalue weighted by Gasteiger charge is 1.99. The largest absolute Gasteiger partial charge is 0.472 e. The summed E-state index contributed by atoms with van der Waals surface area (Å²) in [6.45, 7) is 4.40. The maximum Gasteiger partial charge on any atom is 0.232 e. The maximum absolute atomic E-state index is 5.58. The van der Waals surface area contributed by atoms with Crippen molar-refractivity contribution in [2.75, 3.05) is 6.54 Å². The average Bonchev–Trinajstić information content (AvgIpc) is 2.48. The molecule has 0 radical (unpaired) electrons. The van der Waals surface area contributed by atoms with Gasteiger partial charge in [-0.05, 0) is 18.5 Å². The fourth-order valence-electron chi connectivity index (χ4n) is 1.63. The van der Waals surface area contributed by atoms with Crippen LogP contribution in [0.4, 0.5) is 0 Å². The van der Waals surface area contributed by atoms with Crippen LogP contribution < -0.4 is 10.1 Å². The van der Waals surface area contributed by atoms with Crippen LogP contribution in [0.25, 0.3) is 0 Å². The SMILES string of the molecule is CCCNCc1cnc(OCc2ccccc2)cn1. The topological polar surface area (TPSA) is 47.0 Å². The minimum atomic E-state index is 0.517. The minimum Gasteiger partial charge on any atom is -0.472 e. The molecule has 0 unspecified atom stereocenters. The zero-order valence-electron chi connectivity index (χ0n) is 11.2. The molecule has 0 atom stereocenters. The van der Waals surface area contributed by atoms with Gasteiger partial charge in [-0.25, -0.2) is 4.98 Å². The monoisotopic (exact) mass is 257 g/mol. The summed E-state index contributed by atoms with van der Waals surface area (Å²) in [5, 5.41) is 3.29. The van der Waals surface area contributed by atoms with Gasteiger partial charge >= 0.3 is 0 Å². The molecule has 2 aromatic rings. The highest BCUT2D eigenvalue weighted by Crippen LogP contribution is 2.08. The quantitative estimate of drug-likeness (QED) is 0.774. The first-order valence-electron chi connectivity index (χ1n) is 6.57. The molecule has 2 rings (SSSR count). The molecule has 0 amide bonds. The van der Waals surface area contributed by atoms with Crippen molar-refractivity contribution in [2.45, 2.75) is 26.5 Å². The van der Waals surface area contributed by atoms with E-state index in [-0.39, 0.29) is 0 Å². The van der Waals surface area contributed by atoms with E-state index in [4.69, 9.17) is 4.74 Å². The maximum atomic E-state index is 5.58. The molecule has 1 heterocycles. The Kier molecular flexibility index (Phi) is 5.31. The molecule has 4 nitrogen and oxygen atoms in total. The Morgan fingerprint density at radius 2 is 1.95 bits per heavy atom. The number of hydrogen-bond donors (Lipinski definition) is 1. The van der Waals surface area contributed by atoms with Crippen LogP contribution in [0.15, 0.2) is 42.7 Å². The first kappa shape index (κ1) is 13.5. The van der Waals surface area contributed by atoms with Gasteiger partial charge in [0.25, 0.3) is 0 Å². The molecule has 0 saturated carbocycles. The van der Waals surface area contributed by atoms with Crippen LogP contribution in [0.5, 0.6) is 5.88 Å². The fraction of sp³-hybridized carbons (Fsp3) is 0.333. The summed E-state index contributed by atoms with van der Waals surface area (Å²) >= 11 is 0. The Morgan fingerprint density at radius 3 is 2.63 bits per heavy atom. The van der Waals surface area contributed by atoms with Crippen molar-refractivity contribution in [2.24, 2.45) is 0 Å². The highest BCUT2D eigenvalue weighted by atomic mass is 16.5. The number of ether oxygens (including phenoxy) is 1. The van der Waals surface area contributed by atoms with Crippen LogP contribution in [0, 0.1) is 0 Å². The third-order valence-corrected chi connectivity index (χ3v) is 2.64. The lowest BCUT2D eigenvalue weighted by Crippen LogP contribution is -2.15. The van der Waals surface area contributed by atoms with E-state index >= 15 is 0 Å². The summed E-state index contributed by atoms with van der Waals surface area (Å²) in [5.74, 6) is 0.558. The lowest BCUT2D eigenvalue weighted by molar-refractivity contribution is 0.292. The molecule has 4 heteroatoms. The Bertz CT molecular complexity index is 471. The van der Waals surface area contributed by atoms with Gasteiger partial charge in [-0.1, -0.05) is 37.3 Å². The predicted molar refractivity (Wildman–Crippen MR) is 74.8 cm³/mol. The molecule has 1 aromatic heterocycles. The van der Waals surface area contributed by atoms with E-state index in [1.165, 1.54) is 0 Å². The third kappa shape index (κ3) is 4.67. The Labute approximate surface area is 113 Å². The van der Waals surface area contributed by atoms with Gasteiger partial charge in [0.15, 0.2) is 0 Å². The van der Waals surface area contributed by atoms with E-state index in [1.807, 2.05) is 30.3 Å². The Hall–Kier alpha value is -1.94. The zero-order valence-corrected chi connectivity index (χ0v) is 11.2. The van der Waals surface area contributed by atoms with E-state index in [1.54, 1.807) is 12.4 Å². The first-order chi connectivity index (χ1) is 9.38. The van der Waals surface area contributed by atoms with Gasteiger partial charge in [-0.15, -0.1) is 0 Å². The van der Waals surface area contributed by atoms with Crippen LogP contribution in [0.2, 0.25) is 0 Å². The molecular weight excluding hydrogens is 238 g/mol. The number of nitrogens with one attached hydrogen (secondary N) is 1. The molecule has 1 aromatic carbocycles. The van der Waals surface area contributed by atoms with E-state index in [0.29, 0.717) is 12.5 Å². The third-order valence-electron chi connectivity index (χ3n) is 2.64. The molecule has 0 saturated heterocycles. The van der Waals surface area contributed by atoms with Gasteiger partial charge in [0.1, 0.15) is 6.61 Å². The number of rotatable bonds is 7. The predicted octanol–water partition coefficient (Wildman–Crippen LogP) is 2.56. The Balaban J connectivity index is 1.81. The van der Waals surface area contributed by atoms with Gasteiger partial charge in [0.2, 0.25) is 5.88 Å². The standard InChI is InChI=1S/C15H19N3O/c1-2-8-16-9-14-10-18-15(11-17-14)19-12-13-6-4-3-5-7-13/h3-7,10-11,16H,2,8-9,12H2,1H3. The van der Waals surface area contributed by atoms with Gasteiger partial charge in [0, 0.05) is 6.54 Å². The van der Waals surface area contributed by atoms with E-state index in [9.17, 15) is 0 Å². The normalized spacial score (nSPS) is 10.4. The molecule has 100 valence electrons. The van der Waals surface area contributed by atoms with Crippen molar-refractivity contribution >= 4 is 0 Å². The molecular formula is C15H19N3O. The number of benzene rings is 1. The van der Waals surface area contributed by atoms with Crippen LogP contribution in [-0.2, 0) is 13.2 Å². The van der Waals surface area contributed by atoms with E-state index in [2.05, 4.69) is 22.2 Å². The molecule has 0 spiro atoms. The zero-order chi connectivity index (χ0) is 13.3. The molecule has 1 N–H and O–H groups in total. The summed E-state index contributed by atoms with van der Waals surface area (Å²) < 4.78 is 5.58. The first-order valence-corrected chi connectivity index (χ1v) is 6.57. The van der Waals surface area contributed by atoms with Gasteiger partial charge in [-0.2, -0.15) is 0 Å². The smallest absolute Gasteiger partial charge is 0.232 e. The molecule has 0 aliphatic carbocycles. The lowest BCUT2D eigenvalue weighted by Gasteiger charge is -2.06. The highest BCUT2D eigenvalue weighted by molar-refractivity contribution is 5.15. The second kappa shape index (κ2) is 7.48. The number of nitrogens with zero attached hydrogens (tertiary/aromatic N) is 2. The van der Waals surface area contributed by atoms with Crippen molar-refractivity contribution < 1.29 is 4.74 Å². The van der Waals surface area contributed by atoms with Gasteiger partial charge in [-0.3, -0.25) is 4.98 Å². The van der Waals surface area contributed by atoms with Crippen molar-refractivity contribution in [3.05, 3.63) is 54.0 Å². The summed E-state index contributed by atoms with van der Waals surface area (Å²) in [6.07, 6.45) is 4.54. The molecule has 0 aliphatic heterocycles.